The normalized spacial score (nSPS) is 21.8. The molecule has 6 nitrogen and oxygen atoms in total. The minimum absolute atomic E-state index is 0.254. The molecular weight excluding hydrogens is 286 g/mol. The SMILES string of the molecule is NC1CCN(CC(=O)N2CCN(c3nccs3)CC2)CC1. The van der Waals surface area contributed by atoms with Crippen LogP contribution in [0.25, 0.3) is 0 Å². The molecule has 2 fully saturated rings. The molecule has 21 heavy (non-hydrogen) atoms. The van der Waals surface area contributed by atoms with Crippen LogP contribution in [-0.2, 0) is 4.79 Å². The molecule has 0 aromatic carbocycles. The van der Waals surface area contributed by atoms with Gasteiger partial charge >= 0.3 is 0 Å². The van der Waals surface area contributed by atoms with Crippen LogP contribution in [0.5, 0.6) is 0 Å². The number of aromatic nitrogens is 1. The molecule has 1 aromatic heterocycles. The van der Waals surface area contributed by atoms with E-state index < -0.39 is 0 Å². The van der Waals surface area contributed by atoms with Gasteiger partial charge in [0.15, 0.2) is 5.13 Å². The van der Waals surface area contributed by atoms with Crippen LogP contribution in [0.4, 0.5) is 5.13 Å². The lowest BCUT2D eigenvalue weighted by Gasteiger charge is -2.36. The zero-order valence-corrected chi connectivity index (χ0v) is 13.1. The average Bonchev–Trinajstić information content (AvgIpc) is 3.04. The van der Waals surface area contributed by atoms with Crippen LogP contribution in [0.2, 0.25) is 0 Å². The van der Waals surface area contributed by atoms with E-state index in [0.717, 1.165) is 57.2 Å². The van der Waals surface area contributed by atoms with E-state index in [1.807, 2.05) is 16.5 Å². The summed E-state index contributed by atoms with van der Waals surface area (Å²) in [6.07, 6.45) is 3.84. The number of carbonyl (C=O) groups excluding carboxylic acids is 1. The predicted molar refractivity (Wildman–Crippen MR) is 84.6 cm³/mol. The van der Waals surface area contributed by atoms with Crippen molar-refractivity contribution in [3.63, 3.8) is 0 Å². The number of amides is 1. The van der Waals surface area contributed by atoms with Crippen molar-refractivity contribution in [1.82, 2.24) is 14.8 Å². The predicted octanol–water partition coefficient (Wildman–Crippen LogP) is 0.215. The van der Waals surface area contributed by atoms with Crippen molar-refractivity contribution in [3.05, 3.63) is 11.6 Å². The first-order valence-corrected chi connectivity index (χ1v) is 8.50. The van der Waals surface area contributed by atoms with E-state index in [9.17, 15) is 4.79 Å². The lowest BCUT2D eigenvalue weighted by molar-refractivity contribution is -0.133. The number of rotatable bonds is 3. The van der Waals surface area contributed by atoms with Gasteiger partial charge in [0.25, 0.3) is 0 Å². The summed E-state index contributed by atoms with van der Waals surface area (Å²) in [4.78, 5) is 23.2. The number of nitrogens with two attached hydrogens (primary N) is 1. The molecule has 2 saturated heterocycles. The highest BCUT2D eigenvalue weighted by atomic mass is 32.1. The van der Waals surface area contributed by atoms with Crippen molar-refractivity contribution < 1.29 is 4.79 Å². The number of carbonyl (C=O) groups is 1. The number of likely N-dealkylation sites (tertiary alicyclic amines) is 1. The molecule has 1 amide bonds. The van der Waals surface area contributed by atoms with E-state index in [1.54, 1.807) is 11.3 Å². The first-order chi connectivity index (χ1) is 10.2. The Bertz CT molecular complexity index is 450. The number of anilines is 1. The molecule has 3 heterocycles. The molecular formula is C14H23N5OS. The maximum absolute atomic E-state index is 12.4. The maximum atomic E-state index is 12.4. The van der Waals surface area contributed by atoms with Crippen LogP contribution < -0.4 is 10.6 Å². The van der Waals surface area contributed by atoms with Crippen molar-refractivity contribution in [3.8, 4) is 0 Å². The Morgan fingerprint density at radius 3 is 2.57 bits per heavy atom. The Morgan fingerprint density at radius 1 is 1.24 bits per heavy atom. The van der Waals surface area contributed by atoms with Gasteiger partial charge in [0.2, 0.25) is 5.91 Å². The van der Waals surface area contributed by atoms with Crippen molar-refractivity contribution in [2.75, 3.05) is 50.7 Å². The first kappa shape index (κ1) is 14.7. The number of piperidine rings is 1. The van der Waals surface area contributed by atoms with E-state index in [4.69, 9.17) is 5.73 Å². The van der Waals surface area contributed by atoms with E-state index in [2.05, 4.69) is 14.8 Å². The fourth-order valence-electron chi connectivity index (χ4n) is 2.92. The van der Waals surface area contributed by atoms with Crippen molar-refractivity contribution in [2.24, 2.45) is 5.73 Å². The molecule has 2 aliphatic heterocycles. The molecule has 7 heteroatoms. The second kappa shape index (κ2) is 6.72. The van der Waals surface area contributed by atoms with Crippen LogP contribution in [-0.4, -0.2) is 72.5 Å². The van der Waals surface area contributed by atoms with Crippen molar-refractivity contribution in [2.45, 2.75) is 18.9 Å². The van der Waals surface area contributed by atoms with Gasteiger partial charge in [0, 0.05) is 56.9 Å². The molecule has 116 valence electrons. The third kappa shape index (κ3) is 3.72. The third-order valence-electron chi connectivity index (χ3n) is 4.31. The van der Waals surface area contributed by atoms with E-state index in [0.29, 0.717) is 12.6 Å². The second-order valence-corrected chi connectivity index (χ2v) is 6.67. The number of hydrogen-bond acceptors (Lipinski definition) is 6. The molecule has 0 spiro atoms. The highest BCUT2D eigenvalue weighted by Gasteiger charge is 2.25. The van der Waals surface area contributed by atoms with Gasteiger partial charge in [0.1, 0.15) is 0 Å². The van der Waals surface area contributed by atoms with Gasteiger partial charge in [-0.05, 0) is 12.8 Å². The lowest BCUT2D eigenvalue weighted by Crippen LogP contribution is -2.52. The zero-order chi connectivity index (χ0) is 14.7. The second-order valence-electron chi connectivity index (χ2n) is 5.80. The minimum Gasteiger partial charge on any atom is -0.345 e. The standard InChI is InChI=1S/C14H23N5OS/c15-12-1-4-17(5-2-12)11-13(20)18-6-8-19(9-7-18)14-16-3-10-21-14/h3,10,12H,1-2,4-9,11,15H2. The van der Waals surface area contributed by atoms with Crippen molar-refractivity contribution in [1.29, 1.82) is 0 Å². The van der Waals surface area contributed by atoms with Gasteiger partial charge in [0.05, 0.1) is 6.54 Å². The van der Waals surface area contributed by atoms with Crippen LogP contribution in [0.15, 0.2) is 11.6 Å². The fourth-order valence-corrected chi connectivity index (χ4v) is 3.62. The number of nitrogens with zero attached hydrogens (tertiary/aromatic N) is 4. The quantitative estimate of drug-likeness (QED) is 0.865. The molecule has 3 rings (SSSR count). The summed E-state index contributed by atoms with van der Waals surface area (Å²) in [6.45, 7) is 5.80. The van der Waals surface area contributed by atoms with E-state index in [-0.39, 0.29) is 5.91 Å². The molecule has 0 aliphatic carbocycles. The average molecular weight is 309 g/mol. The Kier molecular flexibility index (Phi) is 4.72. The van der Waals surface area contributed by atoms with Gasteiger partial charge in [-0.2, -0.15) is 0 Å². The number of thiazole rings is 1. The Balaban J connectivity index is 1.44. The Labute approximate surface area is 129 Å². The van der Waals surface area contributed by atoms with Crippen LogP contribution >= 0.6 is 11.3 Å². The highest BCUT2D eigenvalue weighted by Crippen LogP contribution is 2.19. The Hall–Kier alpha value is -1.18. The molecule has 0 radical (unpaired) electrons. The molecule has 2 N–H and O–H groups in total. The van der Waals surface area contributed by atoms with Gasteiger partial charge in [-0.25, -0.2) is 4.98 Å². The van der Waals surface area contributed by atoms with Gasteiger partial charge in [-0.3, -0.25) is 9.69 Å². The zero-order valence-electron chi connectivity index (χ0n) is 12.3. The summed E-state index contributed by atoms with van der Waals surface area (Å²) < 4.78 is 0. The monoisotopic (exact) mass is 309 g/mol. The van der Waals surface area contributed by atoms with Crippen molar-refractivity contribution >= 4 is 22.4 Å². The maximum Gasteiger partial charge on any atom is 0.236 e. The van der Waals surface area contributed by atoms with Crippen LogP contribution in [0.3, 0.4) is 0 Å². The summed E-state index contributed by atoms with van der Waals surface area (Å²) in [5.41, 5.74) is 5.90. The minimum atomic E-state index is 0.254. The molecule has 0 bridgehead atoms. The van der Waals surface area contributed by atoms with Crippen LogP contribution in [0, 0.1) is 0 Å². The fraction of sp³-hybridized carbons (Fsp3) is 0.714. The number of piperazine rings is 1. The summed E-state index contributed by atoms with van der Waals surface area (Å²) in [5, 5.41) is 3.06. The molecule has 2 aliphatic rings. The van der Waals surface area contributed by atoms with Gasteiger partial charge in [-0.1, -0.05) is 0 Å². The smallest absolute Gasteiger partial charge is 0.236 e. The Morgan fingerprint density at radius 2 is 1.95 bits per heavy atom. The van der Waals surface area contributed by atoms with E-state index >= 15 is 0 Å². The summed E-state index contributed by atoms with van der Waals surface area (Å²) in [7, 11) is 0. The third-order valence-corrected chi connectivity index (χ3v) is 5.15. The highest BCUT2D eigenvalue weighted by molar-refractivity contribution is 7.13. The largest absolute Gasteiger partial charge is 0.345 e. The number of hydrogen-bond donors (Lipinski definition) is 1. The summed E-state index contributed by atoms with van der Waals surface area (Å²) in [6, 6.07) is 0.318. The lowest BCUT2D eigenvalue weighted by atomic mass is 10.1. The molecule has 1 aromatic rings. The molecule has 0 saturated carbocycles. The van der Waals surface area contributed by atoms with E-state index in [1.165, 1.54) is 0 Å². The summed E-state index contributed by atoms with van der Waals surface area (Å²) >= 11 is 1.66. The molecule has 0 atom stereocenters. The van der Waals surface area contributed by atoms with Crippen LogP contribution in [0.1, 0.15) is 12.8 Å². The van der Waals surface area contributed by atoms with Gasteiger partial charge < -0.3 is 15.5 Å². The molecule has 0 unspecified atom stereocenters. The van der Waals surface area contributed by atoms with Gasteiger partial charge in [-0.15, -0.1) is 11.3 Å². The topological polar surface area (TPSA) is 65.7 Å². The first-order valence-electron chi connectivity index (χ1n) is 7.62. The summed E-state index contributed by atoms with van der Waals surface area (Å²) in [5.74, 6) is 0.254.